The Labute approximate surface area is 114 Å². The van der Waals surface area contributed by atoms with Gasteiger partial charge in [0.1, 0.15) is 0 Å². The average Bonchev–Trinajstić information content (AvgIpc) is 2.95. The number of benzene rings is 1. The molecule has 2 N–H and O–H groups in total. The molecule has 0 amide bonds. The minimum absolute atomic E-state index is 0.392. The van der Waals surface area contributed by atoms with E-state index in [1.54, 1.807) is 0 Å². The largest absolute Gasteiger partial charge is 0.390 e. The maximum Gasteiger partial charge on any atom is 0.0632 e. The van der Waals surface area contributed by atoms with Crippen LogP contribution in [0.1, 0.15) is 25.8 Å². The van der Waals surface area contributed by atoms with E-state index in [0.29, 0.717) is 5.92 Å². The predicted molar refractivity (Wildman–Crippen MR) is 78.0 cm³/mol. The van der Waals surface area contributed by atoms with Crippen molar-refractivity contribution < 1.29 is 5.11 Å². The predicted octanol–water partition coefficient (Wildman–Crippen LogP) is 2.76. The number of aliphatic hydroxyl groups is 1. The highest BCUT2D eigenvalue weighted by Crippen LogP contribution is 2.28. The van der Waals surface area contributed by atoms with E-state index in [2.05, 4.69) is 34.1 Å². The smallest absolute Gasteiger partial charge is 0.0632 e. The van der Waals surface area contributed by atoms with Crippen LogP contribution in [0.4, 0.5) is 0 Å². The topological polar surface area (TPSA) is 39.3 Å². The normalized spacial score (nSPS) is 21.3. The number of nitrogens with zero attached hydrogens (tertiary/aromatic N) is 1. The third-order valence-electron chi connectivity index (χ3n) is 4.30. The van der Waals surface area contributed by atoms with Gasteiger partial charge in [0.2, 0.25) is 0 Å². The fourth-order valence-electron chi connectivity index (χ4n) is 3.01. The Hall–Kier alpha value is -1.32. The van der Waals surface area contributed by atoms with E-state index in [9.17, 15) is 5.11 Å². The number of hydrogen-bond acceptors (Lipinski definition) is 2. The molecular weight excluding hydrogens is 236 g/mol. The summed E-state index contributed by atoms with van der Waals surface area (Å²) in [5.41, 5.74) is 1.99. The molecular formula is C16H22N2O. The first-order valence-corrected chi connectivity index (χ1v) is 7.03. The van der Waals surface area contributed by atoms with Crippen LogP contribution < -0.4 is 0 Å². The third-order valence-corrected chi connectivity index (χ3v) is 4.30. The number of H-pyrrole nitrogens is 1. The van der Waals surface area contributed by atoms with Gasteiger partial charge < -0.3 is 10.1 Å². The van der Waals surface area contributed by atoms with Crippen molar-refractivity contribution in [3.05, 3.63) is 36.0 Å². The first-order chi connectivity index (χ1) is 9.02. The van der Waals surface area contributed by atoms with Gasteiger partial charge in [-0.1, -0.05) is 6.07 Å². The van der Waals surface area contributed by atoms with Crippen LogP contribution in [0.25, 0.3) is 10.9 Å². The van der Waals surface area contributed by atoms with E-state index >= 15 is 0 Å². The third kappa shape index (κ3) is 2.67. The highest BCUT2D eigenvalue weighted by molar-refractivity contribution is 5.79. The van der Waals surface area contributed by atoms with Crippen molar-refractivity contribution >= 4 is 10.9 Å². The summed E-state index contributed by atoms with van der Waals surface area (Å²) in [6.07, 6.45) is 3.07. The van der Waals surface area contributed by atoms with Gasteiger partial charge in [-0.3, -0.25) is 4.90 Å². The zero-order chi connectivity index (χ0) is 13.5. The minimum Gasteiger partial charge on any atom is -0.390 e. The van der Waals surface area contributed by atoms with Crippen molar-refractivity contribution in [2.24, 2.45) is 5.92 Å². The summed E-state index contributed by atoms with van der Waals surface area (Å²) >= 11 is 0. The summed E-state index contributed by atoms with van der Waals surface area (Å²) in [4.78, 5) is 5.66. The molecule has 1 atom stereocenters. The highest BCUT2D eigenvalue weighted by Gasteiger charge is 2.33. The zero-order valence-electron chi connectivity index (χ0n) is 11.7. The quantitative estimate of drug-likeness (QED) is 0.888. The molecule has 0 radical (unpaired) electrons. The SMILES string of the molecule is CC(C)(O)[C@@H]1CCN(Cc2ccc3[nH]ccc3c2)C1. The minimum atomic E-state index is -0.556. The molecule has 1 aromatic heterocycles. The van der Waals surface area contributed by atoms with Gasteiger partial charge >= 0.3 is 0 Å². The van der Waals surface area contributed by atoms with Crippen molar-refractivity contribution in [2.45, 2.75) is 32.4 Å². The fraction of sp³-hybridized carbons (Fsp3) is 0.500. The number of aromatic nitrogens is 1. The molecule has 3 rings (SSSR count). The van der Waals surface area contributed by atoms with Crippen LogP contribution >= 0.6 is 0 Å². The first-order valence-electron chi connectivity index (χ1n) is 7.03. The lowest BCUT2D eigenvalue weighted by atomic mass is 9.90. The summed E-state index contributed by atoms with van der Waals surface area (Å²) < 4.78 is 0. The van der Waals surface area contributed by atoms with Crippen LogP contribution in [0.15, 0.2) is 30.5 Å². The van der Waals surface area contributed by atoms with Crippen molar-refractivity contribution in [1.29, 1.82) is 0 Å². The number of rotatable bonds is 3. The van der Waals surface area contributed by atoms with Crippen molar-refractivity contribution in [2.75, 3.05) is 13.1 Å². The molecule has 3 nitrogen and oxygen atoms in total. The monoisotopic (exact) mass is 258 g/mol. The highest BCUT2D eigenvalue weighted by atomic mass is 16.3. The molecule has 2 heterocycles. The Kier molecular flexibility index (Phi) is 3.11. The van der Waals surface area contributed by atoms with E-state index in [1.807, 2.05) is 20.0 Å². The molecule has 102 valence electrons. The fourth-order valence-corrected chi connectivity index (χ4v) is 3.01. The summed E-state index contributed by atoms with van der Waals surface area (Å²) in [7, 11) is 0. The lowest BCUT2D eigenvalue weighted by molar-refractivity contribution is 0.0208. The number of aromatic amines is 1. The first kappa shape index (κ1) is 12.7. The van der Waals surface area contributed by atoms with Gasteiger partial charge in [-0.25, -0.2) is 0 Å². The molecule has 0 aliphatic carbocycles. The van der Waals surface area contributed by atoms with Gasteiger partial charge in [-0.15, -0.1) is 0 Å². The van der Waals surface area contributed by atoms with E-state index in [-0.39, 0.29) is 0 Å². The Bertz CT molecular complexity index is 567. The Morgan fingerprint density at radius 1 is 1.37 bits per heavy atom. The van der Waals surface area contributed by atoms with Crippen molar-refractivity contribution in [3.63, 3.8) is 0 Å². The lowest BCUT2D eigenvalue weighted by Crippen LogP contribution is -2.33. The Morgan fingerprint density at radius 2 is 2.21 bits per heavy atom. The maximum atomic E-state index is 10.1. The molecule has 1 saturated heterocycles. The van der Waals surface area contributed by atoms with E-state index in [1.165, 1.54) is 16.5 Å². The Balaban J connectivity index is 1.69. The number of fused-ring (bicyclic) bond motifs is 1. The summed E-state index contributed by atoms with van der Waals surface area (Å²) in [6.45, 7) is 6.91. The molecule has 3 heteroatoms. The number of hydrogen-bond donors (Lipinski definition) is 2. The maximum absolute atomic E-state index is 10.1. The van der Waals surface area contributed by atoms with Gasteiger partial charge in [0, 0.05) is 30.7 Å². The molecule has 1 aromatic carbocycles. The number of likely N-dealkylation sites (tertiary alicyclic amines) is 1. The van der Waals surface area contributed by atoms with Crippen LogP contribution in [-0.2, 0) is 6.54 Å². The van der Waals surface area contributed by atoms with Gasteiger partial charge in [0.25, 0.3) is 0 Å². The molecule has 0 saturated carbocycles. The molecule has 1 fully saturated rings. The van der Waals surface area contributed by atoms with E-state index in [4.69, 9.17) is 0 Å². The summed E-state index contributed by atoms with van der Waals surface area (Å²) in [5.74, 6) is 0.392. The van der Waals surface area contributed by atoms with Gasteiger partial charge in [0.05, 0.1) is 5.60 Å². The molecule has 1 aliphatic rings. The molecule has 0 bridgehead atoms. The average molecular weight is 258 g/mol. The van der Waals surface area contributed by atoms with Crippen LogP contribution in [0.2, 0.25) is 0 Å². The van der Waals surface area contributed by atoms with Crippen LogP contribution in [-0.4, -0.2) is 33.7 Å². The molecule has 2 aromatic rings. The zero-order valence-corrected chi connectivity index (χ0v) is 11.7. The van der Waals surface area contributed by atoms with Gasteiger partial charge in [-0.05, 0) is 56.0 Å². The van der Waals surface area contributed by atoms with Crippen LogP contribution in [0.3, 0.4) is 0 Å². The summed E-state index contributed by atoms with van der Waals surface area (Å²) in [6, 6.07) is 8.70. The van der Waals surface area contributed by atoms with Crippen LogP contribution in [0.5, 0.6) is 0 Å². The van der Waals surface area contributed by atoms with Crippen molar-refractivity contribution in [3.8, 4) is 0 Å². The van der Waals surface area contributed by atoms with Crippen LogP contribution in [0, 0.1) is 5.92 Å². The second-order valence-electron chi connectivity index (χ2n) is 6.27. The van der Waals surface area contributed by atoms with Gasteiger partial charge in [-0.2, -0.15) is 0 Å². The molecule has 0 spiro atoms. The standard InChI is InChI=1S/C16H22N2O/c1-16(2,19)14-6-8-18(11-14)10-12-3-4-15-13(9-12)5-7-17-15/h3-5,7,9,14,17,19H,6,8,10-11H2,1-2H3/t14-/m1/s1. The second kappa shape index (κ2) is 4.66. The molecule has 0 unspecified atom stereocenters. The second-order valence-corrected chi connectivity index (χ2v) is 6.27. The Morgan fingerprint density at radius 3 is 2.95 bits per heavy atom. The lowest BCUT2D eigenvalue weighted by Gasteiger charge is -2.25. The van der Waals surface area contributed by atoms with E-state index < -0.39 is 5.60 Å². The summed E-state index contributed by atoms with van der Waals surface area (Å²) in [5, 5.41) is 11.4. The van der Waals surface area contributed by atoms with Crippen molar-refractivity contribution in [1.82, 2.24) is 9.88 Å². The van der Waals surface area contributed by atoms with Gasteiger partial charge in [0.15, 0.2) is 0 Å². The number of nitrogens with one attached hydrogen (secondary N) is 1. The molecule has 1 aliphatic heterocycles. The van der Waals surface area contributed by atoms with E-state index in [0.717, 1.165) is 26.1 Å². The molecule has 19 heavy (non-hydrogen) atoms.